The van der Waals surface area contributed by atoms with Crippen LogP contribution in [0.2, 0.25) is 0 Å². The SMILES string of the molecule is O=C(Cn1cc(C=NCc2ccccc2)c2ccccc21)N1CCOCC1. The lowest BCUT2D eigenvalue weighted by molar-refractivity contribution is -0.135. The molecule has 1 fully saturated rings. The third-order valence-electron chi connectivity index (χ3n) is 4.84. The second-order valence-corrected chi connectivity index (χ2v) is 6.68. The van der Waals surface area contributed by atoms with Crippen LogP contribution in [0.25, 0.3) is 10.9 Å². The van der Waals surface area contributed by atoms with Crippen LogP contribution in [-0.2, 0) is 22.6 Å². The van der Waals surface area contributed by atoms with E-state index in [0.29, 0.717) is 39.4 Å². The van der Waals surface area contributed by atoms with E-state index in [0.717, 1.165) is 16.5 Å². The van der Waals surface area contributed by atoms with Crippen molar-refractivity contribution in [2.75, 3.05) is 26.3 Å². The van der Waals surface area contributed by atoms with Gasteiger partial charge in [0, 0.05) is 42.0 Å². The number of carbonyl (C=O) groups excluding carboxylic acids is 1. The summed E-state index contributed by atoms with van der Waals surface area (Å²) < 4.78 is 7.36. The number of aliphatic imine (C=N–C) groups is 1. The van der Waals surface area contributed by atoms with Crippen LogP contribution in [0.15, 0.2) is 65.8 Å². The number of fused-ring (bicyclic) bond motifs is 1. The maximum Gasteiger partial charge on any atom is 0.242 e. The van der Waals surface area contributed by atoms with Crippen molar-refractivity contribution >= 4 is 23.0 Å². The molecule has 0 N–H and O–H groups in total. The Morgan fingerprint density at radius 3 is 2.59 bits per heavy atom. The van der Waals surface area contributed by atoms with Crippen LogP contribution in [0.3, 0.4) is 0 Å². The quantitative estimate of drug-likeness (QED) is 0.656. The number of carbonyl (C=O) groups is 1. The Labute approximate surface area is 158 Å². The van der Waals surface area contributed by atoms with E-state index in [1.54, 1.807) is 0 Å². The van der Waals surface area contributed by atoms with Crippen molar-refractivity contribution in [2.24, 2.45) is 4.99 Å². The summed E-state index contributed by atoms with van der Waals surface area (Å²) in [5, 5.41) is 1.11. The van der Waals surface area contributed by atoms with Gasteiger partial charge in [-0.05, 0) is 11.6 Å². The summed E-state index contributed by atoms with van der Waals surface area (Å²) in [5.74, 6) is 0.131. The number of ether oxygens (including phenoxy) is 1. The van der Waals surface area contributed by atoms with Gasteiger partial charge in [0.15, 0.2) is 0 Å². The molecular formula is C22H23N3O2. The maximum atomic E-state index is 12.6. The molecule has 1 aromatic heterocycles. The summed E-state index contributed by atoms with van der Waals surface area (Å²) >= 11 is 0. The van der Waals surface area contributed by atoms with Crippen molar-refractivity contribution in [3.63, 3.8) is 0 Å². The minimum atomic E-state index is 0.131. The molecular weight excluding hydrogens is 338 g/mol. The van der Waals surface area contributed by atoms with Gasteiger partial charge in [0.25, 0.3) is 0 Å². The standard InChI is InChI=1S/C22H23N3O2/c26-22(24-10-12-27-13-11-24)17-25-16-19(20-8-4-5-9-21(20)25)15-23-14-18-6-2-1-3-7-18/h1-9,15-16H,10-14,17H2. The Kier molecular flexibility index (Phi) is 5.30. The highest BCUT2D eigenvalue weighted by atomic mass is 16.5. The summed E-state index contributed by atoms with van der Waals surface area (Å²) in [4.78, 5) is 19.1. The molecule has 1 amide bonds. The van der Waals surface area contributed by atoms with Gasteiger partial charge in [-0.2, -0.15) is 0 Å². The lowest BCUT2D eigenvalue weighted by Crippen LogP contribution is -2.42. The topological polar surface area (TPSA) is 46.8 Å². The highest BCUT2D eigenvalue weighted by Crippen LogP contribution is 2.20. The van der Waals surface area contributed by atoms with Crippen molar-refractivity contribution in [2.45, 2.75) is 13.1 Å². The van der Waals surface area contributed by atoms with E-state index in [4.69, 9.17) is 4.74 Å². The van der Waals surface area contributed by atoms with Gasteiger partial charge >= 0.3 is 0 Å². The largest absolute Gasteiger partial charge is 0.378 e. The molecule has 2 aromatic carbocycles. The number of aromatic nitrogens is 1. The second kappa shape index (κ2) is 8.18. The number of para-hydroxylation sites is 1. The molecule has 0 bridgehead atoms. The molecule has 138 valence electrons. The Morgan fingerprint density at radius 1 is 1.04 bits per heavy atom. The predicted octanol–water partition coefficient (Wildman–Crippen LogP) is 3.12. The average Bonchev–Trinajstić information content (AvgIpc) is 3.07. The molecule has 3 aromatic rings. The van der Waals surface area contributed by atoms with Crippen molar-refractivity contribution in [3.05, 3.63) is 71.9 Å². The summed E-state index contributed by atoms with van der Waals surface area (Å²) in [6.45, 7) is 3.57. The van der Waals surface area contributed by atoms with E-state index in [-0.39, 0.29) is 5.91 Å². The highest BCUT2D eigenvalue weighted by Gasteiger charge is 2.18. The zero-order chi connectivity index (χ0) is 18.5. The number of benzene rings is 2. The monoisotopic (exact) mass is 361 g/mol. The number of nitrogens with zero attached hydrogens (tertiary/aromatic N) is 3. The first-order valence-electron chi connectivity index (χ1n) is 9.28. The fourth-order valence-corrected chi connectivity index (χ4v) is 3.40. The lowest BCUT2D eigenvalue weighted by atomic mass is 10.2. The number of rotatable bonds is 5. The molecule has 27 heavy (non-hydrogen) atoms. The van der Waals surface area contributed by atoms with Gasteiger partial charge in [-0.1, -0.05) is 48.5 Å². The number of hydrogen-bond acceptors (Lipinski definition) is 3. The fourth-order valence-electron chi connectivity index (χ4n) is 3.40. The van der Waals surface area contributed by atoms with Gasteiger partial charge in [0.2, 0.25) is 5.91 Å². The van der Waals surface area contributed by atoms with Crippen LogP contribution in [0, 0.1) is 0 Å². The van der Waals surface area contributed by atoms with E-state index < -0.39 is 0 Å². The van der Waals surface area contributed by atoms with Crippen molar-refractivity contribution in [1.82, 2.24) is 9.47 Å². The molecule has 0 spiro atoms. The zero-order valence-electron chi connectivity index (χ0n) is 15.3. The minimum absolute atomic E-state index is 0.131. The Morgan fingerprint density at radius 2 is 1.78 bits per heavy atom. The minimum Gasteiger partial charge on any atom is -0.378 e. The van der Waals surface area contributed by atoms with E-state index >= 15 is 0 Å². The normalized spacial score (nSPS) is 14.9. The van der Waals surface area contributed by atoms with Gasteiger partial charge in [-0.15, -0.1) is 0 Å². The molecule has 5 nitrogen and oxygen atoms in total. The molecule has 1 saturated heterocycles. The Balaban J connectivity index is 1.54. The average molecular weight is 361 g/mol. The molecule has 0 aliphatic carbocycles. The molecule has 0 atom stereocenters. The van der Waals surface area contributed by atoms with Crippen LogP contribution in [0.1, 0.15) is 11.1 Å². The van der Waals surface area contributed by atoms with Gasteiger partial charge < -0.3 is 14.2 Å². The van der Waals surface area contributed by atoms with Crippen LogP contribution >= 0.6 is 0 Å². The molecule has 2 heterocycles. The number of amides is 1. The van der Waals surface area contributed by atoms with Crippen LogP contribution < -0.4 is 0 Å². The van der Waals surface area contributed by atoms with Gasteiger partial charge in [0.1, 0.15) is 6.54 Å². The van der Waals surface area contributed by atoms with E-state index in [2.05, 4.69) is 29.3 Å². The smallest absolute Gasteiger partial charge is 0.242 e. The molecule has 0 radical (unpaired) electrons. The van der Waals surface area contributed by atoms with Crippen LogP contribution in [0.4, 0.5) is 0 Å². The highest BCUT2D eigenvalue weighted by molar-refractivity contribution is 6.00. The third-order valence-corrected chi connectivity index (χ3v) is 4.84. The first-order chi connectivity index (χ1) is 13.3. The molecule has 0 saturated carbocycles. The Bertz CT molecular complexity index is 941. The molecule has 5 heteroatoms. The first kappa shape index (κ1) is 17.5. The lowest BCUT2D eigenvalue weighted by Gasteiger charge is -2.27. The van der Waals surface area contributed by atoms with Crippen molar-refractivity contribution < 1.29 is 9.53 Å². The van der Waals surface area contributed by atoms with Crippen molar-refractivity contribution in [1.29, 1.82) is 0 Å². The zero-order valence-corrected chi connectivity index (χ0v) is 15.3. The van der Waals surface area contributed by atoms with Crippen molar-refractivity contribution in [3.8, 4) is 0 Å². The maximum absolute atomic E-state index is 12.6. The van der Waals surface area contributed by atoms with E-state index in [1.165, 1.54) is 5.56 Å². The van der Waals surface area contributed by atoms with Crippen LogP contribution in [0.5, 0.6) is 0 Å². The molecule has 0 unspecified atom stereocenters. The van der Waals surface area contributed by atoms with Gasteiger partial charge in [-0.25, -0.2) is 0 Å². The van der Waals surface area contributed by atoms with Gasteiger partial charge in [0.05, 0.1) is 19.8 Å². The summed E-state index contributed by atoms with van der Waals surface area (Å²) in [6.07, 6.45) is 3.93. The molecule has 1 aliphatic rings. The predicted molar refractivity (Wildman–Crippen MR) is 107 cm³/mol. The van der Waals surface area contributed by atoms with Crippen LogP contribution in [-0.4, -0.2) is 47.9 Å². The Hall–Kier alpha value is -2.92. The van der Waals surface area contributed by atoms with E-state index in [1.807, 2.05) is 52.2 Å². The summed E-state index contributed by atoms with van der Waals surface area (Å²) in [6, 6.07) is 18.3. The number of morpholine rings is 1. The third kappa shape index (κ3) is 4.09. The molecule has 1 aliphatic heterocycles. The first-order valence-corrected chi connectivity index (χ1v) is 9.28. The fraction of sp³-hybridized carbons (Fsp3) is 0.273. The summed E-state index contributed by atoms with van der Waals surface area (Å²) in [5.41, 5.74) is 3.27. The van der Waals surface area contributed by atoms with Gasteiger partial charge in [-0.3, -0.25) is 9.79 Å². The number of hydrogen-bond donors (Lipinski definition) is 0. The van der Waals surface area contributed by atoms with E-state index in [9.17, 15) is 4.79 Å². The molecule has 4 rings (SSSR count). The summed E-state index contributed by atoms with van der Waals surface area (Å²) in [7, 11) is 0. The second-order valence-electron chi connectivity index (χ2n) is 6.68.